The van der Waals surface area contributed by atoms with Gasteiger partial charge >= 0.3 is 0 Å². The summed E-state index contributed by atoms with van der Waals surface area (Å²) in [6.45, 7) is 4.61. The Morgan fingerprint density at radius 1 is 1.45 bits per heavy atom. The van der Waals surface area contributed by atoms with Crippen LogP contribution in [-0.4, -0.2) is 48.5 Å². The molecule has 1 aliphatic heterocycles. The van der Waals surface area contributed by atoms with Crippen molar-refractivity contribution in [3.63, 3.8) is 0 Å². The molecule has 5 nitrogen and oxygen atoms in total. The molecular formula is C16H27N3O2S. The first-order chi connectivity index (χ1) is 10.6. The lowest BCUT2D eigenvalue weighted by atomic mass is 10.1. The molecule has 0 aromatic carbocycles. The molecule has 1 fully saturated rings. The van der Waals surface area contributed by atoms with E-state index in [0.29, 0.717) is 13.0 Å². The van der Waals surface area contributed by atoms with Gasteiger partial charge in [-0.25, -0.2) is 0 Å². The minimum absolute atomic E-state index is 0.0680. The first-order valence-corrected chi connectivity index (χ1v) is 9.34. The van der Waals surface area contributed by atoms with Gasteiger partial charge < -0.3 is 15.5 Å². The van der Waals surface area contributed by atoms with Crippen molar-refractivity contribution < 1.29 is 9.21 Å². The van der Waals surface area contributed by atoms with Crippen LogP contribution in [0.1, 0.15) is 36.8 Å². The highest BCUT2D eigenvalue weighted by Crippen LogP contribution is 2.26. The highest BCUT2D eigenvalue weighted by atomic mass is 32.2. The van der Waals surface area contributed by atoms with Crippen LogP contribution in [0, 0.1) is 6.92 Å². The molecule has 0 spiro atoms. The van der Waals surface area contributed by atoms with Crippen LogP contribution in [0.3, 0.4) is 0 Å². The van der Waals surface area contributed by atoms with E-state index in [1.165, 1.54) is 12.8 Å². The average Bonchev–Trinajstić information content (AvgIpc) is 3.17. The van der Waals surface area contributed by atoms with Crippen LogP contribution < -0.4 is 11.1 Å². The number of amides is 1. The molecule has 1 saturated heterocycles. The Kier molecular flexibility index (Phi) is 6.79. The van der Waals surface area contributed by atoms with E-state index < -0.39 is 6.04 Å². The Morgan fingerprint density at radius 3 is 2.77 bits per heavy atom. The molecule has 0 radical (unpaired) electrons. The summed E-state index contributed by atoms with van der Waals surface area (Å²) in [5, 5.41) is 3.00. The van der Waals surface area contributed by atoms with Gasteiger partial charge in [0.2, 0.25) is 5.91 Å². The maximum atomic E-state index is 12.1. The Hall–Kier alpha value is -0.980. The van der Waals surface area contributed by atoms with E-state index in [0.717, 1.165) is 30.4 Å². The number of thioether (sulfide) groups is 1. The molecule has 1 aromatic heterocycles. The predicted octanol–water partition coefficient (Wildman–Crippen LogP) is 1.92. The zero-order valence-corrected chi connectivity index (χ0v) is 14.3. The standard InChI is InChI=1S/C16H27N3O2S/c1-12-5-6-15(21-12)14(19-8-3-4-9-19)11-18-16(20)13(17)7-10-22-2/h5-6,13-14H,3-4,7-11,17H2,1-2H3,(H,18,20)/t13-,14?/m0/s1. The van der Waals surface area contributed by atoms with Crippen LogP contribution in [0.4, 0.5) is 0 Å². The lowest BCUT2D eigenvalue weighted by Crippen LogP contribution is -2.44. The van der Waals surface area contributed by atoms with Gasteiger partial charge in [-0.3, -0.25) is 9.69 Å². The maximum absolute atomic E-state index is 12.1. The number of nitrogens with zero attached hydrogens (tertiary/aromatic N) is 1. The van der Waals surface area contributed by atoms with E-state index in [1.54, 1.807) is 11.8 Å². The van der Waals surface area contributed by atoms with Crippen molar-refractivity contribution in [2.75, 3.05) is 31.6 Å². The molecule has 0 aliphatic carbocycles. The van der Waals surface area contributed by atoms with Crippen molar-refractivity contribution >= 4 is 17.7 Å². The summed E-state index contributed by atoms with van der Waals surface area (Å²) < 4.78 is 5.79. The summed E-state index contributed by atoms with van der Waals surface area (Å²) in [6, 6.07) is 3.67. The number of hydrogen-bond donors (Lipinski definition) is 2. The lowest BCUT2D eigenvalue weighted by Gasteiger charge is -2.26. The van der Waals surface area contributed by atoms with Gasteiger partial charge in [-0.1, -0.05) is 0 Å². The van der Waals surface area contributed by atoms with Crippen LogP contribution >= 0.6 is 11.8 Å². The third-order valence-corrected chi connectivity index (χ3v) is 4.75. The second kappa shape index (κ2) is 8.60. The van der Waals surface area contributed by atoms with Crippen molar-refractivity contribution in [1.82, 2.24) is 10.2 Å². The van der Waals surface area contributed by atoms with E-state index >= 15 is 0 Å². The van der Waals surface area contributed by atoms with E-state index in [-0.39, 0.29) is 11.9 Å². The first kappa shape index (κ1) is 17.4. The number of furan rings is 1. The fourth-order valence-corrected chi connectivity index (χ4v) is 3.29. The van der Waals surface area contributed by atoms with Gasteiger partial charge in [0, 0.05) is 6.54 Å². The first-order valence-electron chi connectivity index (χ1n) is 7.94. The molecule has 0 bridgehead atoms. The monoisotopic (exact) mass is 325 g/mol. The molecule has 1 unspecified atom stereocenters. The Morgan fingerprint density at radius 2 is 2.18 bits per heavy atom. The quantitative estimate of drug-likeness (QED) is 0.764. The van der Waals surface area contributed by atoms with Gasteiger partial charge in [0.1, 0.15) is 11.5 Å². The van der Waals surface area contributed by atoms with Gasteiger partial charge in [-0.05, 0) is 63.4 Å². The van der Waals surface area contributed by atoms with Crippen molar-refractivity contribution in [3.05, 3.63) is 23.7 Å². The van der Waals surface area contributed by atoms with Crippen molar-refractivity contribution in [2.24, 2.45) is 5.73 Å². The number of carbonyl (C=O) groups is 1. The van der Waals surface area contributed by atoms with Crippen LogP contribution in [0.5, 0.6) is 0 Å². The molecule has 124 valence electrons. The van der Waals surface area contributed by atoms with E-state index in [9.17, 15) is 4.79 Å². The number of nitrogens with one attached hydrogen (secondary N) is 1. The second-order valence-corrected chi connectivity index (χ2v) is 6.83. The number of aryl methyl sites for hydroxylation is 1. The summed E-state index contributed by atoms with van der Waals surface area (Å²) in [5.74, 6) is 2.67. The fraction of sp³-hybridized carbons (Fsp3) is 0.688. The van der Waals surface area contributed by atoms with E-state index in [4.69, 9.17) is 10.2 Å². The number of likely N-dealkylation sites (tertiary alicyclic amines) is 1. The smallest absolute Gasteiger partial charge is 0.237 e. The van der Waals surface area contributed by atoms with Gasteiger partial charge in [-0.2, -0.15) is 11.8 Å². The van der Waals surface area contributed by atoms with E-state index in [2.05, 4.69) is 10.2 Å². The van der Waals surface area contributed by atoms with Gasteiger partial charge in [0.25, 0.3) is 0 Å². The molecular weight excluding hydrogens is 298 g/mol. The topological polar surface area (TPSA) is 71.5 Å². The highest BCUT2D eigenvalue weighted by Gasteiger charge is 2.27. The number of nitrogens with two attached hydrogens (primary N) is 1. The number of carbonyl (C=O) groups excluding carboxylic acids is 1. The minimum atomic E-state index is -0.426. The van der Waals surface area contributed by atoms with Gasteiger partial charge in [0.05, 0.1) is 12.1 Å². The maximum Gasteiger partial charge on any atom is 0.237 e. The molecule has 1 aliphatic rings. The summed E-state index contributed by atoms with van der Waals surface area (Å²) in [5.41, 5.74) is 5.92. The summed E-state index contributed by atoms with van der Waals surface area (Å²) in [6.07, 6.45) is 5.14. The Labute approximate surface area is 137 Å². The SMILES string of the molecule is CSCC[C@H](N)C(=O)NCC(c1ccc(C)o1)N1CCCC1. The molecule has 2 atom stereocenters. The summed E-state index contributed by atoms with van der Waals surface area (Å²) in [7, 11) is 0. The highest BCUT2D eigenvalue weighted by molar-refractivity contribution is 7.98. The van der Waals surface area contributed by atoms with Crippen molar-refractivity contribution in [3.8, 4) is 0 Å². The number of rotatable bonds is 8. The molecule has 6 heteroatoms. The largest absolute Gasteiger partial charge is 0.465 e. The predicted molar refractivity (Wildman–Crippen MR) is 91.0 cm³/mol. The van der Waals surface area contributed by atoms with Gasteiger partial charge in [-0.15, -0.1) is 0 Å². The Bertz CT molecular complexity index is 472. The molecule has 2 rings (SSSR count). The van der Waals surface area contributed by atoms with Crippen LogP contribution in [0.2, 0.25) is 0 Å². The van der Waals surface area contributed by atoms with Crippen LogP contribution in [-0.2, 0) is 4.79 Å². The van der Waals surface area contributed by atoms with Crippen LogP contribution in [0.25, 0.3) is 0 Å². The molecule has 0 saturated carbocycles. The summed E-state index contributed by atoms with van der Waals surface area (Å²) in [4.78, 5) is 14.5. The summed E-state index contributed by atoms with van der Waals surface area (Å²) >= 11 is 1.71. The molecule has 22 heavy (non-hydrogen) atoms. The van der Waals surface area contributed by atoms with Crippen molar-refractivity contribution in [2.45, 2.75) is 38.3 Å². The zero-order valence-electron chi connectivity index (χ0n) is 13.5. The van der Waals surface area contributed by atoms with Crippen molar-refractivity contribution in [1.29, 1.82) is 0 Å². The molecule has 1 aromatic rings. The number of hydrogen-bond acceptors (Lipinski definition) is 5. The molecule has 3 N–H and O–H groups in total. The Balaban J connectivity index is 1.93. The van der Waals surface area contributed by atoms with E-state index in [1.807, 2.05) is 25.3 Å². The third kappa shape index (κ3) is 4.76. The normalized spacial score (nSPS) is 18.3. The van der Waals surface area contributed by atoms with Gasteiger partial charge in [0.15, 0.2) is 0 Å². The molecule has 1 amide bonds. The fourth-order valence-electron chi connectivity index (χ4n) is 2.80. The minimum Gasteiger partial charge on any atom is -0.465 e. The zero-order chi connectivity index (χ0) is 15.9. The van der Waals surface area contributed by atoms with Crippen LogP contribution in [0.15, 0.2) is 16.5 Å². The second-order valence-electron chi connectivity index (χ2n) is 5.84. The third-order valence-electron chi connectivity index (χ3n) is 4.11. The lowest BCUT2D eigenvalue weighted by molar-refractivity contribution is -0.122. The average molecular weight is 325 g/mol. The molecule has 2 heterocycles.